The van der Waals surface area contributed by atoms with Crippen LogP contribution in [0.25, 0.3) is 28.3 Å². The Morgan fingerprint density at radius 1 is 0.793 bits per heavy atom. The van der Waals surface area contributed by atoms with Crippen LogP contribution in [-0.4, -0.2) is 6.17 Å². The van der Waals surface area contributed by atoms with Gasteiger partial charge < -0.3 is 0 Å². The molecule has 0 radical (unpaired) electrons. The Kier molecular flexibility index (Phi) is 7.58. The highest BCUT2D eigenvalue weighted by molar-refractivity contribution is 5.71. The number of benzene rings is 3. The van der Waals surface area contributed by atoms with Gasteiger partial charge in [-0.1, -0.05) is 91.0 Å². The highest BCUT2D eigenvalue weighted by Crippen LogP contribution is 2.26. The van der Waals surface area contributed by atoms with Crippen molar-refractivity contribution >= 4 is 6.08 Å². The highest BCUT2D eigenvalue weighted by atomic mass is 19.1. The van der Waals surface area contributed by atoms with E-state index in [1.165, 1.54) is 33.4 Å². The molecular formula is C28H29F. The summed E-state index contributed by atoms with van der Waals surface area (Å²) in [5.74, 6) is 0. The van der Waals surface area contributed by atoms with Crippen molar-refractivity contribution in [2.45, 2.75) is 38.8 Å². The van der Waals surface area contributed by atoms with E-state index in [1.807, 2.05) is 6.08 Å². The summed E-state index contributed by atoms with van der Waals surface area (Å²) in [4.78, 5) is 0. The van der Waals surface area contributed by atoms with Crippen molar-refractivity contribution < 1.29 is 4.39 Å². The SMILES string of the molecule is C=CCc1ccc(-c2ccc(-c3ccc(C=CCCCC(C)F)cc3)cc2)cc1. The van der Waals surface area contributed by atoms with E-state index in [0.717, 1.165) is 19.3 Å². The summed E-state index contributed by atoms with van der Waals surface area (Å²) in [5.41, 5.74) is 7.34. The molecule has 1 atom stereocenters. The molecule has 0 aliphatic heterocycles. The molecule has 0 saturated carbocycles. The molecule has 29 heavy (non-hydrogen) atoms. The summed E-state index contributed by atoms with van der Waals surface area (Å²) >= 11 is 0. The van der Waals surface area contributed by atoms with Gasteiger partial charge in [-0.3, -0.25) is 0 Å². The molecule has 0 heterocycles. The van der Waals surface area contributed by atoms with Crippen LogP contribution in [0.2, 0.25) is 0 Å². The third-order valence-electron chi connectivity index (χ3n) is 5.08. The topological polar surface area (TPSA) is 0 Å². The summed E-state index contributed by atoms with van der Waals surface area (Å²) in [6.45, 7) is 5.41. The van der Waals surface area contributed by atoms with Crippen LogP contribution >= 0.6 is 0 Å². The first-order valence-electron chi connectivity index (χ1n) is 10.4. The minimum absolute atomic E-state index is 0.637. The zero-order chi connectivity index (χ0) is 20.5. The van der Waals surface area contributed by atoms with E-state index in [0.29, 0.717) is 6.42 Å². The Morgan fingerprint density at radius 2 is 1.28 bits per heavy atom. The second-order valence-electron chi connectivity index (χ2n) is 7.50. The average Bonchev–Trinajstić information content (AvgIpc) is 2.75. The smallest absolute Gasteiger partial charge is 0.0973 e. The normalized spacial score (nSPS) is 12.2. The molecule has 0 N–H and O–H groups in total. The van der Waals surface area contributed by atoms with Crippen molar-refractivity contribution in [1.82, 2.24) is 0 Å². The molecule has 0 fully saturated rings. The lowest BCUT2D eigenvalue weighted by Crippen LogP contribution is -1.90. The van der Waals surface area contributed by atoms with E-state index in [2.05, 4.69) is 91.5 Å². The zero-order valence-corrected chi connectivity index (χ0v) is 17.2. The van der Waals surface area contributed by atoms with Crippen molar-refractivity contribution in [3.8, 4) is 22.3 Å². The molecule has 0 aliphatic rings. The molecule has 0 spiro atoms. The van der Waals surface area contributed by atoms with Gasteiger partial charge in [0.2, 0.25) is 0 Å². The molecule has 3 aromatic rings. The summed E-state index contributed by atoms with van der Waals surface area (Å²) in [5, 5.41) is 0. The monoisotopic (exact) mass is 384 g/mol. The standard InChI is InChI=1S/C28H29F/c1-3-7-23-10-14-25(15-11-23)27-18-20-28(21-19-27)26-16-12-24(13-17-26)9-6-4-5-8-22(2)29/h3,6,9-22H,1,4-5,7-8H2,2H3. The lowest BCUT2D eigenvalue weighted by molar-refractivity contribution is 0.335. The third-order valence-corrected chi connectivity index (χ3v) is 5.08. The Balaban J connectivity index is 1.62. The minimum Gasteiger partial charge on any atom is -0.248 e. The van der Waals surface area contributed by atoms with Gasteiger partial charge in [0, 0.05) is 0 Å². The van der Waals surface area contributed by atoms with Gasteiger partial charge >= 0.3 is 0 Å². The second kappa shape index (κ2) is 10.6. The maximum atomic E-state index is 12.8. The first-order valence-corrected chi connectivity index (χ1v) is 10.4. The van der Waals surface area contributed by atoms with Crippen molar-refractivity contribution in [1.29, 1.82) is 0 Å². The van der Waals surface area contributed by atoms with E-state index >= 15 is 0 Å². The van der Waals surface area contributed by atoms with Gasteiger partial charge in [0.25, 0.3) is 0 Å². The largest absolute Gasteiger partial charge is 0.248 e. The molecule has 0 nitrogen and oxygen atoms in total. The van der Waals surface area contributed by atoms with Gasteiger partial charge in [-0.05, 0) is 66.0 Å². The molecule has 3 rings (SSSR count). The van der Waals surface area contributed by atoms with Gasteiger partial charge in [-0.2, -0.15) is 0 Å². The number of allylic oxidation sites excluding steroid dienone is 2. The molecule has 0 aromatic heterocycles. The molecular weight excluding hydrogens is 355 g/mol. The van der Waals surface area contributed by atoms with E-state index < -0.39 is 6.17 Å². The number of hydrogen-bond donors (Lipinski definition) is 0. The maximum Gasteiger partial charge on any atom is 0.0973 e. The predicted molar refractivity (Wildman–Crippen MR) is 125 cm³/mol. The van der Waals surface area contributed by atoms with Crippen LogP contribution in [0.15, 0.2) is 91.5 Å². The van der Waals surface area contributed by atoms with E-state index in [1.54, 1.807) is 6.92 Å². The van der Waals surface area contributed by atoms with Crippen LogP contribution < -0.4 is 0 Å². The van der Waals surface area contributed by atoms with Crippen LogP contribution in [0.1, 0.15) is 37.3 Å². The van der Waals surface area contributed by atoms with Gasteiger partial charge in [0.15, 0.2) is 0 Å². The van der Waals surface area contributed by atoms with Gasteiger partial charge in [-0.25, -0.2) is 4.39 Å². The lowest BCUT2D eigenvalue weighted by atomic mass is 9.98. The minimum atomic E-state index is -0.703. The molecule has 148 valence electrons. The van der Waals surface area contributed by atoms with Crippen LogP contribution in [-0.2, 0) is 6.42 Å². The van der Waals surface area contributed by atoms with Gasteiger partial charge in [-0.15, -0.1) is 6.58 Å². The number of hydrogen-bond acceptors (Lipinski definition) is 0. The van der Waals surface area contributed by atoms with Gasteiger partial charge in [0.05, 0.1) is 6.17 Å². The van der Waals surface area contributed by atoms with Crippen LogP contribution in [0.5, 0.6) is 0 Å². The average molecular weight is 385 g/mol. The molecule has 3 aromatic carbocycles. The van der Waals surface area contributed by atoms with E-state index in [-0.39, 0.29) is 0 Å². The highest BCUT2D eigenvalue weighted by Gasteiger charge is 2.01. The zero-order valence-electron chi connectivity index (χ0n) is 17.2. The lowest BCUT2D eigenvalue weighted by Gasteiger charge is -2.06. The molecule has 0 saturated heterocycles. The molecule has 0 aliphatic carbocycles. The van der Waals surface area contributed by atoms with Crippen LogP contribution in [0.3, 0.4) is 0 Å². The van der Waals surface area contributed by atoms with Gasteiger partial charge in [0.1, 0.15) is 0 Å². The summed E-state index contributed by atoms with van der Waals surface area (Å²) < 4.78 is 12.8. The molecule has 1 heteroatoms. The van der Waals surface area contributed by atoms with Crippen molar-refractivity contribution in [3.05, 3.63) is 103 Å². The summed E-state index contributed by atoms with van der Waals surface area (Å²) in [6.07, 6.45) is 8.84. The molecule has 0 bridgehead atoms. The molecule has 1 unspecified atom stereocenters. The maximum absolute atomic E-state index is 12.8. The number of alkyl halides is 1. The Morgan fingerprint density at radius 3 is 1.76 bits per heavy atom. The third kappa shape index (κ3) is 6.29. The van der Waals surface area contributed by atoms with E-state index in [4.69, 9.17) is 0 Å². The first kappa shape index (κ1) is 20.8. The number of unbranched alkanes of at least 4 members (excludes halogenated alkanes) is 1. The van der Waals surface area contributed by atoms with Crippen molar-refractivity contribution in [3.63, 3.8) is 0 Å². The van der Waals surface area contributed by atoms with Crippen molar-refractivity contribution in [2.75, 3.05) is 0 Å². The first-order chi connectivity index (χ1) is 14.2. The fourth-order valence-electron chi connectivity index (χ4n) is 3.38. The van der Waals surface area contributed by atoms with Crippen LogP contribution in [0.4, 0.5) is 4.39 Å². The Labute approximate surface area is 174 Å². The summed E-state index contributed by atoms with van der Waals surface area (Å²) in [6, 6.07) is 26.0. The number of halogens is 1. The van der Waals surface area contributed by atoms with Crippen molar-refractivity contribution in [2.24, 2.45) is 0 Å². The van der Waals surface area contributed by atoms with Crippen LogP contribution in [0, 0.1) is 0 Å². The fraction of sp³-hybridized carbons (Fsp3) is 0.214. The number of rotatable bonds is 9. The van der Waals surface area contributed by atoms with E-state index in [9.17, 15) is 4.39 Å². The second-order valence-corrected chi connectivity index (χ2v) is 7.50. The molecule has 0 amide bonds. The Bertz CT molecular complexity index is 914. The Hall–Kier alpha value is -2.93. The predicted octanol–water partition coefficient (Wildman–Crippen LogP) is 8.29. The fourth-order valence-corrected chi connectivity index (χ4v) is 3.38. The summed E-state index contributed by atoms with van der Waals surface area (Å²) in [7, 11) is 0. The quantitative estimate of drug-likeness (QED) is 0.257.